The Morgan fingerprint density at radius 1 is 1.56 bits per heavy atom. The number of aryl methyl sites for hydroxylation is 1. The molecule has 0 unspecified atom stereocenters. The summed E-state index contributed by atoms with van der Waals surface area (Å²) < 4.78 is 7.30. The fourth-order valence-electron chi connectivity index (χ4n) is 1.56. The Hall–Kier alpha value is -1.30. The van der Waals surface area contributed by atoms with Gasteiger partial charge in [-0.3, -0.25) is 0 Å². The van der Waals surface area contributed by atoms with Crippen LogP contribution in [0.15, 0.2) is 22.1 Å². The molecule has 2 aromatic heterocycles. The molecule has 0 radical (unpaired) electrons. The standard InChI is InChI=1S/C10H12N4OS/c1-7-4-9(15-13-7)5-16-10-12-11-6-14(10)8-2-3-8/h4,6,8H,2-3,5H2,1H3. The molecular formula is C10H12N4OS. The molecule has 5 nitrogen and oxygen atoms in total. The Labute approximate surface area is 97.2 Å². The minimum absolute atomic E-state index is 0.619. The van der Waals surface area contributed by atoms with Crippen LogP contribution in [0, 0.1) is 6.92 Å². The van der Waals surface area contributed by atoms with E-state index in [-0.39, 0.29) is 0 Å². The molecule has 0 saturated heterocycles. The predicted octanol–water partition coefficient (Wildman–Crippen LogP) is 2.20. The van der Waals surface area contributed by atoms with Crippen molar-refractivity contribution in [2.45, 2.75) is 36.7 Å². The molecule has 0 N–H and O–H groups in total. The molecule has 0 spiro atoms. The fourth-order valence-corrected chi connectivity index (χ4v) is 2.42. The molecule has 0 amide bonds. The van der Waals surface area contributed by atoms with Gasteiger partial charge in [-0.2, -0.15) is 0 Å². The molecule has 84 valence electrons. The van der Waals surface area contributed by atoms with Crippen LogP contribution in [-0.4, -0.2) is 19.9 Å². The minimum Gasteiger partial charge on any atom is -0.360 e. The lowest BCUT2D eigenvalue weighted by molar-refractivity contribution is 0.391. The van der Waals surface area contributed by atoms with Gasteiger partial charge in [0.25, 0.3) is 0 Å². The Morgan fingerprint density at radius 2 is 2.44 bits per heavy atom. The smallest absolute Gasteiger partial charge is 0.191 e. The second-order valence-electron chi connectivity index (χ2n) is 3.98. The van der Waals surface area contributed by atoms with Crippen LogP contribution in [-0.2, 0) is 5.75 Å². The van der Waals surface area contributed by atoms with E-state index in [0.29, 0.717) is 6.04 Å². The Morgan fingerprint density at radius 3 is 3.12 bits per heavy atom. The predicted molar refractivity (Wildman–Crippen MR) is 59.1 cm³/mol. The van der Waals surface area contributed by atoms with Crippen molar-refractivity contribution in [1.29, 1.82) is 0 Å². The highest BCUT2D eigenvalue weighted by Gasteiger charge is 2.26. The van der Waals surface area contributed by atoms with Crippen LogP contribution < -0.4 is 0 Å². The maximum atomic E-state index is 5.15. The number of hydrogen-bond acceptors (Lipinski definition) is 5. The van der Waals surface area contributed by atoms with Gasteiger partial charge in [0.05, 0.1) is 11.4 Å². The van der Waals surface area contributed by atoms with Crippen LogP contribution in [0.2, 0.25) is 0 Å². The van der Waals surface area contributed by atoms with Gasteiger partial charge in [-0.05, 0) is 19.8 Å². The van der Waals surface area contributed by atoms with Crippen molar-refractivity contribution in [3.8, 4) is 0 Å². The van der Waals surface area contributed by atoms with Crippen molar-refractivity contribution in [3.05, 3.63) is 23.8 Å². The van der Waals surface area contributed by atoms with Crippen molar-refractivity contribution in [1.82, 2.24) is 19.9 Å². The van der Waals surface area contributed by atoms with Gasteiger partial charge >= 0.3 is 0 Å². The average Bonchev–Trinajstić information content (AvgIpc) is 2.86. The van der Waals surface area contributed by atoms with Gasteiger partial charge in [-0.25, -0.2) is 0 Å². The van der Waals surface area contributed by atoms with Crippen LogP contribution in [0.4, 0.5) is 0 Å². The zero-order chi connectivity index (χ0) is 11.0. The van der Waals surface area contributed by atoms with E-state index in [1.807, 2.05) is 19.3 Å². The summed E-state index contributed by atoms with van der Waals surface area (Å²) in [6.07, 6.45) is 4.30. The third-order valence-corrected chi connectivity index (χ3v) is 3.48. The number of hydrogen-bond donors (Lipinski definition) is 0. The third kappa shape index (κ3) is 1.97. The summed E-state index contributed by atoms with van der Waals surface area (Å²) in [5, 5.41) is 12.9. The van der Waals surface area contributed by atoms with E-state index < -0.39 is 0 Å². The molecule has 0 aromatic carbocycles. The summed E-state index contributed by atoms with van der Waals surface area (Å²) in [4.78, 5) is 0. The number of rotatable bonds is 4. The Balaban J connectivity index is 1.67. The summed E-state index contributed by atoms with van der Waals surface area (Å²) in [7, 11) is 0. The van der Waals surface area contributed by atoms with E-state index in [0.717, 1.165) is 22.4 Å². The van der Waals surface area contributed by atoms with Gasteiger partial charge in [0.2, 0.25) is 0 Å². The first-order chi connectivity index (χ1) is 7.83. The van der Waals surface area contributed by atoms with Gasteiger partial charge in [-0.15, -0.1) is 10.2 Å². The van der Waals surface area contributed by atoms with Crippen LogP contribution in [0.5, 0.6) is 0 Å². The maximum absolute atomic E-state index is 5.15. The van der Waals surface area contributed by atoms with Crippen LogP contribution in [0.1, 0.15) is 30.3 Å². The summed E-state index contributed by atoms with van der Waals surface area (Å²) in [6.45, 7) is 1.92. The summed E-state index contributed by atoms with van der Waals surface area (Å²) in [5.41, 5.74) is 0.916. The second kappa shape index (κ2) is 3.93. The molecule has 2 heterocycles. The number of nitrogens with zero attached hydrogens (tertiary/aromatic N) is 4. The third-order valence-electron chi connectivity index (χ3n) is 2.50. The zero-order valence-electron chi connectivity index (χ0n) is 8.96. The zero-order valence-corrected chi connectivity index (χ0v) is 9.78. The molecule has 1 aliphatic rings. The second-order valence-corrected chi connectivity index (χ2v) is 4.92. The average molecular weight is 236 g/mol. The molecular weight excluding hydrogens is 224 g/mol. The maximum Gasteiger partial charge on any atom is 0.191 e. The van der Waals surface area contributed by atoms with Crippen LogP contribution in [0.25, 0.3) is 0 Å². The van der Waals surface area contributed by atoms with Crippen molar-refractivity contribution < 1.29 is 4.52 Å². The molecule has 3 rings (SSSR count). The first kappa shape index (κ1) is 9.89. The van der Waals surface area contributed by atoms with Gasteiger partial charge in [0.15, 0.2) is 5.16 Å². The van der Waals surface area contributed by atoms with Crippen molar-refractivity contribution in [2.24, 2.45) is 0 Å². The Kier molecular flexibility index (Phi) is 2.43. The van der Waals surface area contributed by atoms with Gasteiger partial charge in [0.1, 0.15) is 12.1 Å². The van der Waals surface area contributed by atoms with E-state index in [1.165, 1.54) is 12.8 Å². The minimum atomic E-state index is 0.619. The van der Waals surface area contributed by atoms with E-state index in [9.17, 15) is 0 Å². The summed E-state index contributed by atoms with van der Waals surface area (Å²) >= 11 is 1.64. The molecule has 1 fully saturated rings. The first-order valence-corrected chi connectivity index (χ1v) is 6.26. The van der Waals surface area contributed by atoms with E-state index >= 15 is 0 Å². The quantitative estimate of drug-likeness (QED) is 0.762. The highest BCUT2D eigenvalue weighted by atomic mass is 32.2. The first-order valence-electron chi connectivity index (χ1n) is 5.27. The van der Waals surface area contributed by atoms with E-state index in [4.69, 9.17) is 4.52 Å². The lowest BCUT2D eigenvalue weighted by atomic mass is 10.4. The largest absolute Gasteiger partial charge is 0.360 e. The molecule has 0 atom stereocenters. The van der Waals surface area contributed by atoms with Crippen LogP contribution in [0.3, 0.4) is 0 Å². The molecule has 1 saturated carbocycles. The van der Waals surface area contributed by atoms with Crippen LogP contribution >= 0.6 is 11.8 Å². The van der Waals surface area contributed by atoms with Gasteiger partial charge in [0, 0.05) is 12.1 Å². The Bertz CT molecular complexity index is 488. The van der Waals surface area contributed by atoms with Gasteiger partial charge in [-0.1, -0.05) is 16.9 Å². The monoisotopic (exact) mass is 236 g/mol. The van der Waals surface area contributed by atoms with Crippen molar-refractivity contribution in [3.63, 3.8) is 0 Å². The summed E-state index contributed by atoms with van der Waals surface area (Å²) in [5.74, 6) is 1.64. The number of aromatic nitrogens is 4. The van der Waals surface area contributed by atoms with Gasteiger partial charge < -0.3 is 9.09 Å². The topological polar surface area (TPSA) is 56.7 Å². The lowest BCUT2D eigenvalue weighted by Gasteiger charge is -2.01. The molecule has 1 aliphatic carbocycles. The molecule has 0 aliphatic heterocycles. The molecule has 2 aromatic rings. The lowest BCUT2D eigenvalue weighted by Crippen LogP contribution is -1.94. The molecule has 16 heavy (non-hydrogen) atoms. The SMILES string of the molecule is Cc1cc(CSc2nncn2C2CC2)on1. The fraction of sp³-hybridized carbons (Fsp3) is 0.500. The highest BCUT2D eigenvalue weighted by molar-refractivity contribution is 7.98. The molecule has 6 heteroatoms. The van der Waals surface area contributed by atoms with Crippen molar-refractivity contribution >= 4 is 11.8 Å². The summed E-state index contributed by atoms with van der Waals surface area (Å²) in [6, 6.07) is 2.57. The van der Waals surface area contributed by atoms with E-state index in [1.54, 1.807) is 11.8 Å². The number of thioether (sulfide) groups is 1. The van der Waals surface area contributed by atoms with E-state index in [2.05, 4.69) is 19.9 Å². The normalized spacial score (nSPS) is 15.6. The van der Waals surface area contributed by atoms with Crippen molar-refractivity contribution in [2.75, 3.05) is 0 Å². The molecule has 0 bridgehead atoms. The highest BCUT2D eigenvalue weighted by Crippen LogP contribution is 2.37.